The lowest BCUT2D eigenvalue weighted by atomic mass is 10.1. The van der Waals surface area contributed by atoms with Gasteiger partial charge in [0.25, 0.3) is 5.56 Å². The van der Waals surface area contributed by atoms with Gasteiger partial charge in [0.15, 0.2) is 5.82 Å². The van der Waals surface area contributed by atoms with E-state index in [0.29, 0.717) is 35.9 Å². The molecule has 2 amide bonds. The van der Waals surface area contributed by atoms with Gasteiger partial charge in [0, 0.05) is 23.0 Å². The molecule has 0 aliphatic carbocycles. The number of halogens is 1. The SMILES string of the molecule is Nc1nn(Cc2ccc(Cn3ccccc3=O)cc2)cc1N(C=O)CC(=O)Nc1ccc(Cl)cc1. The summed E-state index contributed by atoms with van der Waals surface area (Å²) in [4.78, 5) is 37.2. The maximum Gasteiger partial charge on any atom is 0.250 e. The fourth-order valence-corrected chi connectivity index (χ4v) is 3.65. The zero-order valence-corrected chi connectivity index (χ0v) is 19.4. The van der Waals surface area contributed by atoms with E-state index < -0.39 is 0 Å². The highest BCUT2D eigenvalue weighted by molar-refractivity contribution is 6.30. The lowest BCUT2D eigenvalue weighted by molar-refractivity contribution is -0.116. The number of anilines is 3. The molecule has 2 heterocycles. The maximum atomic E-state index is 12.4. The van der Waals surface area contributed by atoms with Gasteiger partial charge in [-0.1, -0.05) is 41.9 Å². The number of nitrogens with zero attached hydrogens (tertiary/aromatic N) is 4. The van der Waals surface area contributed by atoms with Crippen molar-refractivity contribution in [3.8, 4) is 0 Å². The summed E-state index contributed by atoms with van der Waals surface area (Å²) >= 11 is 5.86. The Kier molecular flexibility index (Phi) is 7.27. The van der Waals surface area contributed by atoms with Crippen molar-refractivity contribution in [3.05, 3.63) is 106 Å². The van der Waals surface area contributed by atoms with Crippen LogP contribution in [0.5, 0.6) is 0 Å². The second-order valence-corrected chi connectivity index (χ2v) is 8.31. The smallest absolute Gasteiger partial charge is 0.250 e. The van der Waals surface area contributed by atoms with Crippen molar-refractivity contribution in [3.63, 3.8) is 0 Å². The van der Waals surface area contributed by atoms with E-state index in [4.69, 9.17) is 17.3 Å². The summed E-state index contributed by atoms with van der Waals surface area (Å²) in [7, 11) is 0. The van der Waals surface area contributed by atoms with Crippen LogP contribution in [0.3, 0.4) is 0 Å². The molecule has 4 rings (SSSR count). The van der Waals surface area contributed by atoms with Gasteiger partial charge in [0.05, 0.1) is 19.3 Å². The molecular formula is C25H23ClN6O3. The van der Waals surface area contributed by atoms with E-state index in [0.717, 1.165) is 11.1 Å². The number of aromatic nitrogens is 3. The maximum absolute atomic E-state index is 12.4. The molecule has 0 saturated carbocycles. The van der Waals surface area contributed by atoms with Gasteiger partial charge >= 0.3 is 0 Å². The molecule has 0 radical (unpaired) electrons. The molecule has 9 nitrogen and oxygen atoms in total. The number of nitrogens with two attached hydrogens (primary N) is 1. The number of nitrogen functional groups attached to an aromatic ring is 1. The van der Waals surface area contributed by atoms with Gasteiger partial charge in [-0.25, -0.2) is 0 Å². The average molecular weight is 491 g/mol. The summed E-state index contributed by atoms with van der Waals surface area (Å²) in [6, 6.07) is 19.5. The summed E-state index contributed by atoms with van der Waals surface area (Å²) in [5.41, 5.74) is 8.82. The third-order valence-corrected chi connectivity index (χ3v) is 5.52. The van der Waals surface area contributed by atoms with Crippen LogP contribution in [0.2, 0.25) is 5.02 Å². The van der Waals surface area contributed by atoms with Crippen LogP contribution < -0.4 is 21.5 Å². The second-order valence-electron chi connectivity index (χ2n) is 7.87. The summed E-state index contributed by atoms with van der Waals surface area (Å²) < 4.78 is 3.24. The molecule has 4 aromatic rings. The quantitative estimate of drug-likeness (QED) is 0.350. The lowest BCUT2D eigenvalue weighted by Gasteiger charge is -2.15. The number of nitrogens with one attached hydrogen (secondary N) is 1. The van der Waals surface area contributed by atoms with Crippen molar-refractivity contribution >= 4 is 41.1 Å². The molecule has 3 N–H and O–H groups in total. The van der Waals surface area contributed by atoms with Crippen molar-refractivity contribution in [2.45, 2.75) is 13.1 Å². The molecule has 0 aliphatic heterocycles. The largest absolute Gasteiger partial charge is 0.380 e. The number of rotatable bonds is 9. The minimum Gasteiger partial charge on any atom is -0.380 e. The van der Waals surface area contributed by atoms with Crippen LogP contribution in [0.15, 0.2) is 83.9 Å². The highest BCUT2D eigenvalue weighted by Crippen LogP contribution is 2.21. The fourth-order valence-electron chi connectivity index (χ4n) is 3.52. The Labute approximate surface area is 206 Å². The van der Waals surface area contributed by atoms with Crippen molar-refractivity contribution in [2.75, 3.05) is 22.5 Å². The molecule has 10 heteroatoms. The van der Waals surface area contributed by atoms with E-state index in [1.807, 2.05) is 30.3 Å². The molecule has 0 bridgehead atoms. The van der Waals surface area contributed by atoms with Crippen molar-refractivity contribution < 1.29 is 9.59 Å². The van der Waals surface area contributed by atoms with Crippen molar-refractivity contribution in [1.82, 2.24) is 14.3 Å². The van der Waals surface area contributed by atoms with Crippen molar-refractivity contribution in [2.24, 2.45) is 0 Å². The number of pyridine rings is 1. The number of amides is 2. The molecule has 35 heavy (non-hydrogen) atoms. The molecular weight excluding hydrogens is 468 g/mol. The fraction of sp³-hybridized carbons (Fsp3) is 0.120. The van der Waals surface area contributed by atoms with Crippen LogP contribution in [-0.4, -0.2) is 33.2 Å². The normalized spacial score (nSPS) is 10.7. The summed E-state index contributed by atoms with van der Waals surface area (Å²) in [6.45, 7) is 0.667. The molecule has 0 atom stereocenters. The zero-order valence-electron chi connectivity index (χ0n) is 18.7. The third kappa shape index (κ3) is 6.15. The number of benzene rings is 2. The molecule has 0 saturated heterocycles. The van der Waals surface area contributed by atoms with Gasteiger partial charge in [-0.3, -0.25) is 19.1 Å². The van der Waals surface area contributed by atoms with E-state index in [1.54, 1.807) is 52.0 Å². The monoisotopic (exact) mass is 490 g/mol. The Morgan fingerprint density at radius 2 is 1.71 bits per heavy atom. The first-order valence-electron chi connectivity index (χ1n) is 10.7. The Hall–Kier alpha value is -4.37. The van der Waals surface area contributed by atoms with Crippen LogP contribution in [0, 0.1) is 0 Å². The van der Waals surface area contributed by atoms with Gasteiger partial charge in [-0.2, -0.15) is 5.10 Å². The lowest BCUT2D eigenvalue weighted by Crippen LogP contribution is -2.32. The minimum atomic E-state index is -0.389. The van der Waals surface area contributed by atoms with Crippen LogP contribution in [0.1, 0.15) is 11.1 Å². The van der Waals surface area contributed by atoms with E-state index in [-0.39, 0.29) is 23.8 Å². The highest BCUT2D eigenvalue weighted by atomic mass is 35.5. The molecule has 0 spiro atoms. The van der Waals surface area contributed by atoms with Crippen LogP contribution >= 0.6 is 11.6 Å². The summed E-state index contributed by atoms with van der Waals surface area (Å²) in [5.74, 6) is -0.254. The van der Waals surface area contributed by atoms with Crippen LogP contribution in [-0.2, 0) is 22.7 Å². The molecule has 2 aromatic heterocycles. The average Bonchev–Trinajstić information content (AvgIpc) is 3.21. The third-order valence-electron chi connectivity index (χ3n) is 5.27. The van der Waals surface area contributed by atoms with E-state index in [1.165, 1.54) is 11.0 Å². The van der Waals surface area contributed by atoms with Crippen LogP contribution in [0.25, 0.3) is 0 Å². The number of hydrogen-bond acceptors (Lipinski definition) is 5. The molecule has 0 unspecified atom stereocenters. The predicted octanol–water partition coefficient (Wildman–Crippen LogP) is 2.98. The number of carbonyl (C=O) groups is 2. The summed E-state index contributed by atoms with van der Waals surface area (Å²) in [6.07, 6.45) is 3.91. The Bertz CT molecular complexity index is 1380. The molecule has 0 fully saturated rings. The van der Waals surface area contributed by atoms with Gasteiger partial charge in [0.1, 0.15) is 12.2 Å². The van der Waals surface area contributed by atoms with Gasteiger partial charge in [-0.05, 0) is 41.5 Å². The van der Waals surface area contributed by atoms with Crippen LogP contribution in [0.4, 0.5) is 17.2 Å². The van der Waals surface area contributed by atoms with E-state index in [9.17, 15) is 14.4 Å². The predicted molar refractivity (Wildman–Crippen MR) is 135 cm³/mol. The Morgan fingerprint density at radius 3 is 2.37 bits per heavy atom. The highest BCUT2D eigenvalue weighted by Gasteiger charge is 2.17. The van der Waals surface area contributed by atoms with Crippen molar-refractivity contribution in [1.29, 1.82) is 0 Å². The standard InChI is InChI=1S/C25H23ClN6O3/c26-20-8-10-21(11-9-20)28-23(34)16-31(17-33)22-15-32(29-25(22)27)14-19-6-4-18(5-7-19)13-30-12-2-1-3-24(30)35/h1-12,15,17H,13-14,16H2,(H2,27,29)(H,28,34). The topological polar surface area (TPSA) is 115 Å². The minimum absolute atomic E-state index is 0.0577. The molecule has 0 aliphatic rings. The summed E-state index contributed by atoms with van der Waals surface area (Å²) in [5, 5.41) is 7.54. The Morgan fingerprint density at radius 1 is 1.03 bits per heavy atom. The number of carbonyl (C=O) groups excluding carboxylic acids is 2. The zero-order chi connectivity index (χ0) is 24.8. The van der Waals surface area contributed by atoms with E-state index in [2.05, 4.69) is 10.4 Å². The molecule has 178 valence electrons. The van der Waals surface area contributed by atoms with E-state index >= 15 is 0 Å². The molecule has 2 aromatic carbocycles. The first kappa shape index (κ1) is 23.8. The first-order valence-corrected chi connectivity index (χ1v) is 11.1. The second kappa shape index (κ2) is 10.7. The van der Waals surface area contributed by atoms with Gasteiger partial charge in [0.2, 0.25) is 12.3 Å². The van der Waals surface area contributed by atoms with Gasteiger partial charge < -0.3 is 20.5 Å². The Balaban J connectivity index is 1.40. The first-order chi connectivity index (χ1) is 16.9. The van der Waals surface area contributed by atoms with Gasteiger partial charge in [-0.15, -0.1) is 0 Å². The number of hydrogen-bond donors (Lipinski definition) is 2.